The molecule has 38 heavy (non-hydrogen) atoms. The second-order valence-corrected chi connectivity index (χ2v) is 12.3. The van der Waals surface area contributed by atoms with Crippen LogP contribution in [0.3, 0.4) is 0 Å². The highest BCUT2D eigenvalue weighted by Gasteiger charge is 2.50. The minimum atomic E-state index is -0.541. The molecule has 4 aromatic heterocycles. The largest absolute Gasteiger partial charge is 0.444 e. The average molecular weight is 536 g/mol. The fraction of sp³-hybridized carbons (Fsp3) is 0.481. The van der Waals surface area contributed by atoms with Gasteiger partial charge in [0.1, 0.15) is 5.60 Å². The number of nitrogens with one attached hydrogen (secondary N) is 1. The summed E-state index contributed by atoms with van der Waals surface area (Å²) in [7, 11) is 0. The first-order chi connectivity index (χ1) is 18.2. The monoisotopic (exact) mass is 535 g/mol. The smallest absolute Gasteiger partial charge is 0.407 e. The maximum absolute atomic E-state index is 12.6. The number of piperidine rings is 1. The lowest BCUT2D eigenvalue weighted by molar-refractivity contribution is 0.0434. The lowest BCUT2D eigenvalue weighted by Crippen LogP contribution is -2.55. The van der Waals surface area contributed by atoms with Gasteiger partial charge in [0, 0.05) is 48.2 Å². The molecule has 0 unspecified atom stereocenters. The number of carbonyl (C=O) groups is 1. The summed E-state index contributed by atoms with van der Waals surface area (Å²) in [4.78, 5) is 26.5. The third kappa shape index (κ3) is 4.58. The first-order valence-corrected chi connectivity index (χ1v) is 13.8. The molecule has 2 atom stereocenters. The number of pyridine rings is 1. The van der Waals surface area contributed by atoms with Gasteiger partial charge in [-0.2, -0.15) is 5.10 Å². The van der Waals surface area contributed by atoms with Gasteiger partial charge in [-0.05, 0) is 58.7 Å². The number of fused-ring (bicyclic) bond motifs is 2. The number of rotatable bonds is 4. The van der Waals surface area contributed by atoms with E-state index in [-0.39, 0.29) is 23.7 Å². The molecule has 2 aliphatic rings. The Balaban J connectivity index is 1.20. The van der Waals surface area contributed by atoms with E-state index in [0.29, 0.717) is 6.61 Å². The van der Waals surface area contributed by atoms with Crippen molar-refractivity contribution >= 4 is 35.0 Å². The predicted octanol–water partition coefficient (Wildman–Crippen LogP) is 4.43. The molecular formula is C27H33N7O3S. The van der Waals surface area contributed by atoms with Crippen LogP contribution in [0.15, 0.2) is 59.0 Å². The molecule has 0 aliphatic carbocycles. The fourth-order valence-electron chi connectivity index (χ4n) is 5.61. The number of hydrogen-bond donors (Lipinski definition) is 1. The summed E-state index contributed by atoms with van der Waals surface area (Å²) in [5.74, 6) is 0.878. The van der Waals surface area contributed by atoms with Crippen molar-refractivity contribution in [3.8, 4) is 0 Å². The van der Waals surface area contributed by atoms with Gasteiger partial charge >= 0.3 is 6.09 Å². The van der Waals surface area contributed by atoms with Gasteiger partial charge in [0.2, 0.25) is 5.95 Å². The van der Waals surface area contributed by atoms with E-state index < -0.39 is 5.60 Å². The molecule has 0 aromatic carbocycles. The second kappa shape index (κ2) is 9.46. The maximum atomic E-state index is 12.6. The van der Waals surface area contributed by atoms with Gasteiger partial charge in [0.05, 0.1) is 35.4 Å². The number of carbonyl (C=O) groups excluding carboxylic acids is 1. The Morgan fingerprint density at radius 1 is 1.16 bits per heavy atom. The molecule has 6 rings (SSSR count). The standard InChI is InChI=1S/C27H33N7O3S/c1-18-22(31-25(35)37-26(2,3)4)27(17-36-18)8-13-32(14-9-27)24-29-16-21(23-28-11-15-33(23)24)38-20-6-5-12-34-19(20)7-10-30-34/h5-7,10-12,15-16,18,22H,8-9,13-14,17H2,1-4H3,(H,31,35)/t18-,22+/m0/s1. The van der Waals surface area contributed by atoms with Gasteiger partial charge in [-0.1, -0.05) is 11.8 Å². The zero-order valence-electron chi connectivity index (χ0n) is 22.1. The SMILES string of the molecule is C[C@@H]1OCC2(CCN(c3ncc(Sc4cccn5nccc45)c4nccn34)CC2)[C@@H]1NC(=O)OC(C)(C)C. The van der Waals surface area contributed by atoms with Crippen molar-refractivity contribution in [2.75, 3.05) is 24.6 Å². The van der Waals surface area contributed by atoms with E-state index in [1.54, 1.807) is 18.0 Å². The molecule has 1 spiro atoms. The van der Waals surface area contributed by atoms with Crippen LogP contribution < -0.4 is 10.2 Å². The summed E-state index contributed by atoms with van der Waals surface area (Å²) in [5.41, 5.74) is 1.26. The Morgan fingerprint density at radius 2 is 1.97 bits per heavy atom. The van der Waals surface area contributed by atoms with Crippen molar-refractivity contribution < 1.29 is 14.3 Å². The molecule has 200 valence electrons. The van der Waals surface area contributed by atoms with E-state index in [2.05, 4.69) is 30.8 Å². The Morgan fingerprint density at radius 3 is 2.76 bits per heavy atom. The van der Waals surface area contributed by atoms with E-state index >= 15 is 0 Å². The normalized spacial score (nSPS) is 21.4. The van der Waals surface area contributed by atoms with Gasteiger partial charge < -0.3 is 19.7 Å². The number of anilines is 1. The topological polar surface area (TPSA) is 98.3 Å². The van der Waals surface area contributed by atoms with Crippen molar-refractivity contribution in [3.05, 3.63) is 49.2 Å². The molecule has 2 fully saturated rings. The highest BCUT2D eigenvalue weighted by molar-refractivity contribution is 7.99. The number of aromatic nitrogens is 5. The molecule has 11 heteroatoms. The van der Waals surface area contributed by atoms with Crippen LogP contribution in [0.2, 0.25) is 0 Å². The third-order valence-corrected chi connectivity index (χ3v) is 8.54. The van der Waals surface area contributed by atoms with Crippen molar-refractivity contribution in [3.63, 3.8) is 0 Å². The lowest BCUT2D eigenvalue weighted by atomic mass is 9.73. The van der Waals surface area contributed by atoms with E-state index in [4.69, 9.17) is 14.5 Å². The predicted molar refractivity (Wildman–Crippen MR) is 145 cm³/mol. The van der Waals surface area contributed by atoms with E-state index in [9.17, 15) is 4.79 Å². The van der Waals surface area contributed by atoms with Crippen molar-refractivity contribution in [2.45, 2.75) is 68.1 Å². The molecule has 2 saturated heterocycles. The molecule has 0 bridgehead atoms. The molecule has 2 aliphatic heterocycles. The molecule has 1 amide bonds. The maximum Gasteiger partial charge on any atom is 0.407 e. The van der Waals surface area contributed by atoms with E-state index in [1.807, 2.05) is 69.1 Å². The summed E-state index contributed by atoms with van der Waals surface area (Å²) in [6, 6.07) is 6.00. The average Bonchev–Trinajstić information content (AvgIpc) is 3.61. The number of imidazole rings is 1. The van der Waals surface area contributed by atoms with Gasteiger partial charge in [-0.3, -0.25) is 4.40 Å². The lowest BCUT2D eigenvalue weighted by Gasteiger charge is -2.43. The minimum Gasteiger partial charge on any atom is -0.444 e. The highest BCUT2D eigenvalue weighted by atomic mass is 32.2. The van der Waals surface area contributed by atoms with Gasteiger partial charge in [-0.25, -0.2) is 19.3 Å². The molecule has 10 nitrogen and oxygen atoms in total. The van der Waals surface area contributed by atoms with Crippen molar-refractivity contribution in [1.82, 2.24) is 29.3 Å². The molecule has 0 saturated carbocycles. The van der Waals surface area contributed by atoms with Gasteiger partial charge in [0.15, 0.2) is 5.65 Å². The number of amides is 1. The quantitative estimate of drug-likeness (QED) is 0.410. The van der Waals surface area contributed by atoms with Crippen LogP contribution in [0.4, 0.5) is 10.7 Å². The molecule has 4 aromatic rings. The minimum absolute atomic E-state index is 0.0656. The fourth-order valence-corrected chi connectivity index (χ4v) is 6.61. The first kappa shape index (κ1) is 25.0. The number of nitrogens with zero attached hydrogens (tertiary/aromatic N) is 6. The Hall–Kier alpha value is -3.31. The number of hydrogen-bond acceptors (Lipinski definition) is 8. The molecule has 1 N–H and O–H groups in total. The Labute approximate surface area is 225 Å². The molecule has 0 radical (unpaired) electrons. The molecular weight excluding hydrogens is 502 g/mol. The van der Waals surface area contributed by atoms with Gasteiger partial charge in [-0.15, -0.1) is 0 Å². The van der Waals surface area contributed by atoms with Crippen LogP contribution in [0.25, 0.3) is 11.2 Å². The van der Waals surface area contributed by atoms with E-state index in [1.165, 1.54) is 0 Å². The summed E-state index contributed by atoms with van der Waals surface area (Å²) < 4.78 is 15.5. The van der Waals surface area contributed by atoms with Crippen LogP contribution in [0.1, 0.15) is 40.5 Å². The van der Waals surface area contributed by atoms with E-state index in [0.717, 1.165) is 52.8 Å². The summed E-state index contributed by atoms with van der Waals surface area (Å²) in [5, 5.41) is 7.46. The zero-order chi connectivity index (χ0) is 26.5. The second-order valence-electron chi connectivity index (χ2n) is 11.2. The van der Waals surface area contributed by atoms with Crippen molar-refractivity contribution in [1.29, 1.82) is 0 Å². The van der Waals surface area contributed by atoms with Crippen LogP contribution in [0, 0.1) is 5.41 Å². The number of alkyl carbamates (subject to hydrolysis) is 1. The third-order valence-electron chi connectivity index (χ3n) is 7.47. The summed E-state index contributed by atoms with van der Waals surface area (Å²) in [6.07, 6.45) is 10.8. The van der Waals surface area contributed by atoms with Crippen LogP contribution >= 0.6 is 11.8 Å². The van der Waals surface area contributed by atoms with Crippen molar-refractivity contribution in [2.24, 2.45) is 5.41 Å². The highest BCUT2D eigenvalue weighted by Crippen LogP contribution is 2.43. The van der Waals surface area contributed by atoms with Crippen LogP contribution in [-0.4, -0.2) is 67.5 Å². The molecule has 6 heterocycles. The summed E-state index contributed by atoms with van der Waals surface area (Å²) in [6.45, 7) is 9.91. The first-order valence-electron chi connectivity index (χ1n) is 13.0. The Kier molecular flexibility index (Phi) is 6.22. The zero-order valence-corrected chi connectivity index (χ0v) is 22.9. The van der Waals surface area contributed by atoms with Crippen LogP contribution in [-0.2, 0) is 9.47 Å². The van der Waals surface area contributed by atoms with Crippen LogP contribution in [0.5, 0.6) is 0 Å². The Bertz CT molecular complexity index is 1470. The summed E-state index contributed by atoms with van der Waals surface area (Å²) >= 11 is 1.64. The van der Waals surface area contributed by atoms with Gasteiger partial charge in [0.25, 0.3) is 0 Å². The number of ether oxygens (including phenoxy) is 2.